The molecule has 1 aliphatic heterocycles. The minimum Gasteiger partial charge on any atom is -0.326 e. The fourth-order valence-corrected chi connectivity index (χ4v) is 4.07. The zero-order valence-electron chi connectivity index (χ0n) is 17.0. The summed E-state index contributed by atoms with van der Waals surface area (Å²) in [5.74, 6) is 1.22. The molecule has 0 aliphatic carbocycles. The maximum absolute atomic E-state index is 11.7. The highest BCUT2D eigenvalue weighted by atomic mass is 32.1. The van der Waals surface area contributed by atoms with Gasteiger partial charge in [-0.15, -0.1) is 11.3 Å². The third-order valence-electron chi connectivity index (χ3n) is 4.81. The first kappa shape index (κ1) is 20.2. The van der Waals surface area contributed by atoms with Crippen molar-refractivity contribution in [2.24, 2.45) is 0 Å². The van der Waals surface area contributed by atoms with Crippen molar-refractivity contribution in [3.8, 4) is 10.7 Å². The number of nitrogens with one attached hydrogen (secondary N) is 3. The zero-order valence-corrected chi connectivity index (χ0v) is 17.8. The summed E-state index contributed by atoms with van der Waals surface area (Å²) >= 11 is 1.56. The van der Waals surface area contributed by atoms with Gasteiger partial charge in [0.05, 0.1) is 10.2 Å². The Balaban J connectivity index is 0.000000383. The van der Waals surface area contributed by atoms with E-state index in [1.807, 2.05) is 31.2 Å². The number of nitrogens with zero attached hydrogens (tertiary/aromatic N) is 3. The van der Waals surface area contributed by atoms with Crippen molar-refractivity contribution in [3.05, 3.63) is 64.2 Å². The lowest BCUT2D eigenvalue weighted by Crippen LogP contribution is -2.10. The molecular weight excluding hydrogens is 396 g/mol. The summed E-state index contributed by atoms with van der Waals surface area (Å²) < 4.78 is 0.989. The molecule has 0 aromatic carbocycles. The number of hydrogen-bond acceptors (Lipinski definition) is 7. The van der Waals surface area contributed by atoms with Crippen LogP contribution in [0.3, 0.4) is 0 Å². The smallest absolute Gasteiger partial charge is 0.252 e. The lowest BCUT2D eigenvalue weighted by atomic mass is 10.2. The Bertz CT molecular complexity index is 1200. The van der Waals surface area contributed by atoms with E-state index in [9.17, 15) is 4.79 Å². The van der Waals surface area contributed by atoms with Gasteiger partial charge in [-0.2, -0.15) is 0 Å². The lowest BCUT2D eigenvalue weighted by molar-refractivity contribution is 0.857. The van der Waals surface area contributed by atoms with E-state index in [0.29, 0.717) is 17.2 Å². The molecule has 5 rings (SSSR count). The van der Waals surface area contributed by atoms with E-state index in [2.05, 4.69) is 30.6 Å². The van der Waals surface area contributed by atoms with E-state index in [1.165, 1.54) is 25.9 Å². The number of aromatic nitrogens is 4. The van der Waals surface area contributed by atoms with Crippen LogP contribution in [0.4, 0.5) is 11.6 Å². The summed E-state index contributed by atoms with van der Waals surface area (Å²) in [5.41, 5.74) is 3.37. The molecule has 0 radical (unpaired) electrons. The number of aryl methyl sites for hydroxylation is 2. The average Bonchev–Trinajstić information content (AvgIpc) is 3.44. The Labute approximate surface area is 178 Å². The second-order valence-electron chi connectivity index (χ2n) is 7.19. The predicted octanol–water partition coefficient (Wildman–Crippen LogP) is 4.17. The topological polar surface area (TPSA) is 95.6 Å². The minimum absolute atomic E-state index is 0.118. The van der Waals surface area contributed by atoms with E-state index in [4.69, 9.17) is 0 Å². The molecule has 1 saturated heterocycles. The molecule has 0 unspecified atom stereocenters. The van der Waals surface area contributed by atoms with Gasteiger partial charge in [0.25, 0.3) is 5.56 Å². The first-order valence-corrected chi connectivity index (χ1v) is 10.8. The molecule has 5 heterocycles. The van der Waals surface area contributed by atoms with Crippen molar-refractivity contribution in [1.82, 2.24) is 25.3 Å². The highest BCUT2D eigenvalue weighted by molar-refractivity contribution is 7.21. The third-order valence-corrected chi connectivity index (χ3v) is 5.83. The number of hydrogen-bond donors (Lipinski definition) is 3. The quantitative estimate of drug-likeness (QED) is 0.460. The van der Waals surface area contributed by atoms with Crippen LogP contribution in [0.15, 0.2) is 47.5 Å². The van der Waals surface area contributed by atoms with Gasteiger partial charge in [-0.3, -0.25) is 9.78 Å². The van der Waals surface area contributed by atoms with Gasteiger partial charge in [0.2, 0.25) is 0 Å². The second-order valence-corrected chi connectivity index (χ2v) is 8.22. The normalized spacial score (nSPS) is 13.1. The molecule has 1 aliphatic rings. The van der Waals surface area contributed by atoms with Crippen LogP contribution >= 0.6 is 11.3 Å². The van der Waals surface area contributed by atoms with E-state index < -0.39 is 0 Å². The predicted molar refractivity (Wildman–Crippen MR) is 123 cm³/mol. The van der Waals surface area contributed by atoms with Crippen molar-refractivity contribution in [1.29, 1.82) is 0 Å². The summed E-state index contributed by atoms with van der Waals surface area (Å²) in [6.45, 7) is 6.29. The molecule has 0 bridgehead atoms. The van der Waals surface area contributed by atoms with Gasteiger partial charge in [0.15, 0.2) is 0 Å². The Morgan fingerprint density at radius 2 is 1.90 bits per heavy atom. The van der Waals surface area contributed by atoms with Crippen molar-refractivity contribution < 1.29 is 0 Å². The lowest BCUT2D eigenvalue weighted by Gasteiger charge is -2.05. The third kappa shape index (κ3) is 4.72. The number of anilines is 2. The van der Waals surface area contributed by atoms with Gasteiger partial charge >= 0.3 is 0 Å². The molecule has 30 heavy (non-hydrogen) atoms. The van der Waals surface area contributed by atoms with E-state index >= 15 is 0 Å². The van der Waals surface area contributed by atoms with Gasteiger partial charge in [-0.05, 0) is 57.5 Å². The molecular formula is C22H24N6OS. The molecule has 1 fully saturated rings. The van der Waals surface area contributed by atoms with Crippen LogP contribution in [-0.4, -0.2) is 33.0 Å². The fraction of sp³-hybridized carbons (Fsp3) is 0.273. The fourth-order valence-electron chi connectivity index (χ4n) is 3.10. The van der Waals surface area contributed by atoms with Gasteiger partial charge in [-0.1, -0.05) is 12.1 Å². The van der Waals surface area contributed by atoms with E-state index in [-0.39, 0.29) is 5.56 Å². The van der Waals surface area contributed by atoms with Crippen molar-refractivity contribution in [2.75, 3.05) is 18.4 Å². The van der Waals surface area contributed by atoms with Crippen molar-refractivity contribution >= 4 is 33.2 Å². The SMILES string of the molecule is C1CCNC1.Cc1cccnc1-c1nc2cc(Nc3ccc(C)c(=O)[nH]3)ncc2s1. The summed E-state index contributed by atoms with van der Waals surface area (Å²) in [7, 11) is 0. The molecule has 0 atom stereocenters. The maximum Gasteiger partial charge on any atom is 0.252 e. The molecule has 8 heteroatoms. The Hall–Kier alpha value is -3.10. The zero-order chi connectivity index (χ0) is 20.9. The maximum atomic E-state index is 11.7. The van der Waals surface area contributed by atoms with Crippen LogP contribution in [-0.2, 0) is 0 Å². The summed E-state index contributed by atoms with van der Waals surface area (Å²) in [5, 5.41) is 7.20. The van der Waals surface area contributed by atoms with Crippen LogP contribution in [0, 0.1) is 13.8 Å². The molecule has 154 valence electrons. The van der Waals surface area contributed by atoms with Crippen LogP contribution in [0.1, 0.15) is 24.0 Å². The molecule has 0 spiro atoms. The molecule has 3 N–H and O–H groups in total. The number of fused-ring (bicyclic) bond motifs is 1. The van der Waals surface area contributed by atoms with E-state index in [1.54, 1.807) is 36.7 Å². The highest BCUT2D eigenvalue weighted by Crippen LogP contribution is 2.31. The van der Waals surface area contributed by atoms with Crippen molar-refractivity contribution in [3.63, 3.8) is 0 Å². The summed E-state index contributed by atoms with van der Waals surface area (Å²) in [6.07, 6.45) is 6.33. The molecule has 0 saturated carbocycles. The van der Waals surface area contributed by atoms with Gasteiger partial charge in [-0.25, -0.2) is 9.97 Å². The van der Waals surface area contributed by atoms with Crippen LogP contribution < -0.4 is 16.2 Å². The first-order valence-electron chi connectivity index (χ1n) is 9.96. The van der Waals surface area contributed by atoms with E-state index in [0.717, 1.165) is 26.5 Å². The number of thiazole rings is 1. The first-order chi connectivity index (χ1) is 14.6. The Morgan fingerprint density at radius 3 is 2.60 bits per heavy atom. The number of rotatable bonds is 3. The molecule has 7 nitrogen and oxygen atoms in total. The van der Waals surface area contributed by atoms with Gasteiger partial charge in [0, 0.05) is 24.0 Å². The van der Waals surface area contributed by atoms with Crippen LogP contribution in [0.2, 0.25) is 0 Å². The van der Waals surface area contributed by atoms with Crippen molar-refractivity contribution in [2.45, 2.75) is 26.7 Å². The van der Waals surface area contributed by atoms with Crippen LogP contribution in [0.25, 0.3) is 20.9 Å². The van der Waals surface area contributed by atoms with Gasteiger partial charge in [0.1, 0.15) is 22.3 Å². The number of aromatic amines is 1. The largest absolute Gasteiger partial charge is 0.326 e. The average molecular weight is 421 g/mol. The van der Waals surface area contributed by atoms with Crippen LogP contribution in [0.5, 0.6) is 0 Å². The number of pyridine rings is 3. The Kier molecular flexibility index (Phi) is 6.15. The van der Waals surface area contributed by atoms with Gasteiger partial charge < -0.3 is 15.6 Å². The molecule has 0 amide bonds. The Morgan fingerprint density at radius 1 is 1.07 bits per heavy atom. The highest BCUT2D eigenvalue weighted by Gasteiger charge is 2.11. The summed E-state index contributed by atoms with van der Waals surface area (Å²) in [4.78, 5) is 28.0. The monoisotopic (exact) mass is 420 g/mol. The number of H-pyrrole nitrogens is 1. The molecule has 4 aromatic rings. The summed E-state index contributed by atoms with van der Waals surface area (Å²) in [6, 6.07) is 9.38. The second kappa shape index (κ2) is 9.15. The standard InChI is InChI=1S/C18H15N5OS.C4H9N/c1-10-4-3-7-19-16(10)18-21-12-8-15(20-9-13(12)25-18)22-14-6-5-11(2)17(24)23-14;1-2-4-5-3-1/h3-9H,1-2H3,(H2,20,22,23,24);5H,1-4H2. The minimum atomic E-state index is -0.118. The molecule has 4 aromatic heterocycles.